The van der Waals surface area contributed by atoms with E-state index in [0.717, 1.165) is 59.6 Å². The summed E-state index contributed by atoms with van der Waals surface area (Å²) in [6, 6.07) is 15.6. The molecule has 10 nitrogen and oxygen atoms in total. The normalized spacial score (nSPS) is 20.3. The maximum Gasteiger partial charge on any atom is 0.272 e. The summed E-state index contributed by atoms with van der Waals surface area (Å²) in [5.41, 5.74) is 5.17. The molecule has 2 aromatic carbocycles. The summed E-state index contributed by atoms with van der Waals surface area (Å²) in [6.07, 6.45) is 7.64. The number of aromatic nitrogens is 1. The molecule has 43 heavy (non-hydrogen) atoms. The van der Waals surface area contributed by atoms with Gasteiger partial charge in [0.2, 0.25) is 11.7 Å². The second-order valence-corrected chi connectivity index (χ2v) is 11.7. The van der Waals surface area contributed by atoms with E-state index in [1.165, 1.54) is 0 Å². The number of hydrogen-bond acceptors (Lipinski definition) is 6. The molecule has 4 heterocycles. The molecule has 1 saturated heterocycles. The fourth-order valence-electron chi connectivity index (χ4n) is 6.21. The number of nitrogens with one attached hydrogen (secondary N) is 1. The van der Waals surface area contributed by atoms with Crippen LogP contribution < -0.4 is 10.1 Å². The Morgan fingerprint density at radius 1 is 1.12 bits per heavy atom. The van der Waals surface area contributed by atoms with Gasteiger partial charge in [-0.25, -0.2) is 4.48 Å². The molecule has 3 aromatic rings. The number of amides is 2. The largest absolute Gasteiger partial charge is 0.495 e. The number of fused-ring (bicyclic) bond motifs is 2. The third kappa shape index (κ3) is 5.17. The van der Waals surface area contributed by atoms with Gasteiger partial charge in [-0.05, 0) is 56.3 Å². The molecule has 1 atom stereocenters. The van der Waals surface area contributed by atoms with Crippen LogP contribution >= 0.6 is 0 Å². The predicted octanol–water partition coefficient (Wildman–Crippen LogP) is 4.21. The maximum absolute atomic E-state index is 13.3. The van der Waals surface area contributed by atoms with Gasteiger partial charge in [0.25, 0.3) is 5.91 Å². The summed E-state index contributed by atoms with van der Waals surface area (Å²) in [5, 5.41) is 4.05. The number of quaternary nitrogens is 1. The number of methoxy groups -OCH3 is 1. The third-order valence-electron chi connectivity index (χ3n) is 8.80. The molecule has 222 valence electrons. The first-order chi connectivity index (χ1) is 20.7. The molecule has 1 fully saturated rings. The van der Waals surface area contributed by atoms with Gasteiger partial charge in [0.15, 0.2) is 5.70 Å². The summed E-state index contributed by atoms with van der Waals surface area (Å²) in [7, 11) is 9.22. The summed E-state index contributed by atoms with van der Waals surface area (Å²) in [4.78, 5) is 39.1. The Kier molecular flexibility index (Phi) is 7.49. The lowest BCUT2D eigenvalue weighted by Crippen LogP contribution is -2.43. The van der Waals surface area contributed by atoms with Crippen LogP contribution in [0.5, 0.6) is 5.75 Å². The van der Waals surface area contributed by atoms with Gasteiger partial charge in [-0.2, -0.15) is 4.99 Å². The third-order valence-corrected chi connectivity index (χ3v) is 8.80. The van der Waals surface area contributed by atoms with Crippen molar-refractivity contribution in [3.8, 4) is 5.75 Å². The van der Waals surface area contributed by atoms with Crippen LogP contribution in [0.3, 0.4) is 0 Å². The van der Waals surface area contributed by atoms with Gasteiger partial charge in [-0.15, -0.1) is 0 Å². The highest BCUT2D eigenvalue weighted by Gasteiger charge is 2.45. The van der Waals surface area contributed by atoms with Crippen molar-refractivity contribution in [2.24, 2.45) is 23.0 Å². The van der Waals surface area contributed by atoms with E-state index in [9.17, 15) is 9.59 Å². The van der Waals surface area contributed by atoms with Gasteiger partial charge >= 0.3 is 0 Å². The second kappa shape index (κ2) is 11.3. The second-order valence-electron chi connectivity index (χ2n) is 11.7. The number of anilines is 1. The van der Waals surface area contributed by atoms with E-state index < -0.39 is 0 Å². The van der Waals surface area contributed by atoms with E-state index in [0.29, 0.717) is 28.2 Å². The Hall–Kier alpha value is -4.54. The number of piperidine rings is 1. The first-order valence-electron chi connectivity index (χ1n) is 14.6. The van der Waals surface area contributed by atoms with Crippen molar-refractivity contribution in [2.45, 2.75) is 12.8 Å². The van der Waals surface area contributed by atoms with Gasteiger partial charge in [0.1, 0.15) is 23.3 Å². The van der Waals surface area contributed by atoms with Crippen LogP contribution in [0.25, 0.3) is 10.9 Å². The summed E-state index contributed by atoms with van der Waals surface area (Å²) in [5.74, 6) is 1.63. The number of carbonyl (C=O) groups excluding carboxylic acids is 2. The highest BCUT2D eigenvalue weighted by atomic mass is 16.5. The summed E-state index contributed by atoms with van der Waals surface area (Å²) in [6.45, 7) is 2.14. The van der Waals surface area contributed by atoms with Crippen molar-refractivity contribution in [3.63, 3.8) is 0 Å². The molecule has 1 aromatic heterocycles. The van der Waals surface area contributed by atoms with Gasteiger partial charge in [-0.3, -0.25) is 19.5 Å². The van der Waals surface area contributed by atoms with Gasteiger partial charge < -0.3 is 19.5 Å². The predicted molar refractivity (Wildman–Crippen MR) is 169 cm³/mol. The zero-order valence-corrected chi connectivity index (χ0v) is 25.4. The van der Waals surface area contributed by atoms with Crippen molar-refractivity contribution in [3.05, 3.63) is 83.6 Å². The molecule has 0 saturated carbocycles. The van der Waals surface area contributed by atoms with E-state index in [4.69, 9.17) is 9.73 Å². The average Bonchev–Trinajstić information content (AvgIpc) is 3.52. The molecule has 6 rings (SSSR count). The molecule has 0 radical (unpaired) electrons. The lowest BCUT2D eigenvalue weighted by Gasteiger charge is -2.32. The van der Waals surface area contributed by atoms with Crippen LogP contribution in [-0.4, -0.2) is 90.6 Å². The van der Waals surface area contributed by atoms with Crippen molar-refractivity contribution in [1.82, 2.24) is 14.4 Å². The number of amidine groups is 1. The minimum Gasteiger partial charge on any atom is -0.495 e. The first kappa shape index (κ1) is 28.6. The van der Waals surface area contributed by atoms with Crippen molar-refractivity contribution < 1.29 is 18.8 Å². The lowest BCUT2D eigenvalue weighted by molar-refractivity contribution is -0.713. The molecule has 1 N–H and O–H groups in total. The number of nitrogens with zero attached hydrogens (tertiary/aromatic N) is 6. The number of likely N-dealkylation sites (N-methyl/N-ethyl adjacent to an activating group) is 1. The van der Waals surface area contributed by atoms with Crippen LogP contribution in [0.1, 0.15) is 28.9 Å². The number of aliphatic imine (C=N–C) groups is 2. The minimum atomic E-state index is -0.206. The zero-order chi connectivity index (χ0) is 30.3. The lowest BCUT2D eigenvalue weighted by atomic mass is 9.92. The van der Waals surface area contributed by atoms with Crippen molar-refractivity contribution >= 4 is 40.5 Å². The Morgan fingerprint density at radius 3 is 2.60 bits per heavy atom. The standard InChI is InChI=1S/C33H37N7O3/c1-37(2)30(41)21-39-15-12-22(13-16-39)31-28-20-34-14-17-40(28,4)32(36-31)24-10-11-25(29(19-24)43-5)35-33(42)27-18-23-8-6-7-9-26(23)38(27)3/h6-11,14,17-20,22H,12-13,15-16,21H2,1-5H3/p+1. The number of carbonyl (C=O) groups is 2. The van der Waals surface area contributed by atoms with Crippen molar-refractivity contribution in [1.29, 1.82) is 0 Å². The SMILES string of the molecule is COc1cc(C2=NC(C3CCN(CC(=O)N(C)C)CC3)=C3C=NC=C[N+]23C)ccc1NC(=O)c1cc2ccccc2n1C. The van der Waals surface area contributed by atoms with Crippen molar-refractivity contribution in [2.75, 3.05) is 53.2 Å². The molecule has 10 heteroatoms. The smallest absolute Gasteiger partial charge is 0.272 e. The molecule has 3 aliphatic heterocycles. The van der Waals surface area contributed by atoms with Gasteiger partial charge in [-0.1, -0.05) is 18.2 Å². The molecular weight excluding hydrogens is 542 g/mol. The Labute approximate surface area is 251 Å². The molecule has 1 unspecified atom stereocenters. The molecule has 0 aliphatic carbocycles. The number of benzene rings is 2. The van der Waals surface area contributed by atoms with E-state index in [1.807, 2.05) is 78.8 Å². The number of rotatable bonds is 7. The van der Waals surface area contributed by atoms with E-state index in [-0.39, 0.29) is 17.7 Å². The van der Waals surface area contributed by atoms with Gasteiger partial charge in [0.05, 0.1) is 44.4 Å². The number of allylic oxidation sites excluding steroid dienone is 2. The quantitative estimate of drug-likeness (QED) is 0.424. The molecule has 2 amide bonds. The van der Waals surface area contributed by atoms with Crippen LogP contribution in [0, 0.1) is 5.92 Å². The molecule has 0 bridgehead atoms. The fourth-order valence-corrected chi connectivity index (χ4v) is 6.21. The average molecular weight is 581 g/mol. The topological polar surface area (TPSA) is 91.5 Å². The van der Waals surface area contributed by atoms with E-state index in [2.05, 4.69) is 22.3 Å². The number of likely N-dealkylation sites (tertiary alicyclic amines) is 1. The highest BCUT2D eigenvalue weighted by Crippen LogP contribution is 2.40. The monoisotopic (exact) mass is 580 g/mol. The maximum atomic E-state index is 13.3. The highest BCUT2D eigenvalue weighted by molar-refractivity contribution is 6.08. The minimum absolute atomic E-state index is 0.126. The Morgan fingerprint density at radius 2 is 1.88 bits per heavy atom. The van der Waals surface area contributed by atoms with Crippen LogP contribution in [0.2, 0.25) is 0 Å². The summed E-state index contributed by atoms with van der Waals surface area (Å²) < 4.78 is 8.07. The molecule has 0 spiro atoms. The van der Waals surface area contributed by atoms with Gasteiger partial charge in [0, 0.05) is 38.0 Å². The fraction of sp³-hybridized carbons (Fsp3) is 0.333. The van der Waals surface area contributed by atoms with E-state index in [1.54, 1.807) is 26.1 Å². The zero-order valence-electron chi connectivity index (χ0n) is 25.4. The first-order valence-corrected chi connectivity index (χ1v) is 14.6. The van der Waals surface area contributed by atoms with Crippen LogP contribution in [0.4, 0.5) is 5.69 Å². The Balaban J connectivity index is 1.25. The molecule has 3 aliphatic rings. The number of aryl methyl sites for hydroxylation is 1. The Bertz CT molecular complexity index is 1720. The van der Waals surface area contributed by atoms with Crippen LogP contribution in [0.15, 0.2) is 82.3 Å². The number of hydrogen-bond donors (Lipinski definition) is 1. The number of ether oxygens (including phenoxy) is 1. The molecular formula is C33H38N7O3+. The number of para-hydroxylation sites is 1. The van der Waals surface area contributed by atoms with E-state index >= 15 is 0 Å². The summed E-state index contributed by atoms with van der Waals surface area (Å²) >= 11 is 0. The van der Waals surface area contributed by atoms with Crippen LogP contribution in [-0.2, 0) is 11.8 Å².